The number of benzene rings is 2. The average molecular weight is 441 g/mol. The third-order valence-corrected chi connectivity index (χ3v) is 5.91. The molecule has 172 valence electrons. The van der Waals surface area contributed by atoms with Gasteiger partial charge in [-0.15, -0.1) is 0 Å². The smallest absolute Gasteiger partial charge is 0.261 e. The van der Waals surface area contributed by atoms with E-state index in [1.807, 2.05) is 39.0 Å². The van der Waals surface area contributed by atoms with Gasteiger partial charge >= 0.3 is 0 Å². The lowest BCUT2D eigenvalue weighted by Crippen LogP contribution is -2.52. The van der Waals surface area contributed by atoms with E-state index in [-0.39, 0.29) is 36.8 Å². The predicted molar refractivity (Wildman–Crippen MR) is 123 cm³/mol. The Hall–Kier alpha value is -2.89. The van der Waals surface area contributed by atoms with Crippen LogP contribution in [0.5, 0.6) is 5.75 Å². The average Bonchev–Trinajstić information content (AvgIpc) is 3.25. The molecule has 1 aliphatic carbocycles. The van der Waals surface area contributed by atoms with Crippen molar-refractivity contribution in [3.05, 3.63) is 65.0 Å². The van der Waals surface area contributed by atoms with Gasteiger partial charge in [0.15, 0.2) is 6.61 Å². The first kappa shape index (κ1) is 23.8. The molecule has 1 N–H and O–H groups in total. The first-order chi connectivity index (χ1) is 15.4. The lowest BCUT2D eigenvalue weighted by Gasteiger charge is -2.31. The summed E-state index contributed by atoms with van der Waals surface area (Å²) in [6.07, 6.45) is 4.66. The quantitative estimate of drug-likeness (QED) is 0.616. The highest BCUT2D eigenvalue weighted by Crippen LogP contribution is 2.20. The van der Waals surface area contributed by atoms with Crippen LogP contribution in [0.3, 0.4) is 0 Å². The van der Waals surface area contributed by atoms with Crippen molar-refractivity contribution in [3.63, 3.8) is 0 Å². The van der Waals surface area contributed by atoms with Gasteiger partial charge in [-0.25, -0.2) is 4.39 Å². The van der Waals surface area contributed by atoms with E-state index in [1.54, 1.807) is 17.0 Å². The summed E-state index contributed by atoms with van der Waals surface area (Å²) in [5, 5.41) is 3.12. The molecule has 2 amide bonds. The number of nitrogens with zero attached hydrogens (tertiary/aromatic N) is 1. The van der Waals surface area contributed by atoms with Crippen molar-refractivity contribution >= 4 is 11.8 Å². The van der Waals surface area contributed by atoms with Crippen LogP contribution in [0, 0.1) is 19.7 Å². The number of halogens is 1. The first-order valence-electron chi connectivity index (χ1n) is 11.4. The molecule has 6 heteroatoms. The second kappa shape index (κ2) is 11.1. The summed E-state index contributed by atoms with van der Waals surface area (Å²) in [6, 6.07) is 11.4. The van der Waals surface area contributed by atoms with Gasteiger partial charge in [-0.3, -0.25) is 9.59 Å². The number of aryl methyl sites for hydroxylation is 2. The molecule has 5 nitrogen and oxygen atoms in total. The largest absolute Gasteiger partial charge is 0.484 e. The van der Waals surface area contributed by atoms with Crippen molar-refractivity contribution in [1.29, 1.82) is 0 Å². The SMILES string of the molecule is CCC(C(=O)NC1CCCC1)N(Cc1ccc(F)cc1)C(=O)COc1cc(C)cc(C)c1. The van der Waals surface area contributed by atoms with Crippen molar-refractivity contribution < 1.29 is 18.7 Å². The first-order valence-corrected chi connectivity index (χ1v) is 11.4. The molecule has 0 saturated heterocycles. The molecular weight excluding hydrogens is 407 g/mol. The Labute approximate surface area is 190 Å². The van der Waals surface area contributed by atoms with Crippen LogP contribution in [0.1, 0.15) is 55.7 Å². The molecule has 0 heterocycles. The molecule has 0 aliphatic heterocycles. The topological polar surface area (TPSA) is 58.6 Å². The van der Waals surface area contributed by atoms with Crippen molar-refractivity contribution in [2.45, 2.75) is 71.5 Å². The second-order valence-corrected chi connectivity index (χ2v) is 8.67. The third kappa shape index (κ3) is 6.55. The molecule has 2 aromatic carbocycles. The van der Waals surface area contributed by atoms with Crippen LogP contribution in [-0.4, -0.2) is 35.4 Å². The maximum atomic E-state index is 13.4. The number of ether oxygens (including phenoxy) is 1. The van der Waals surface area contributed by atoms with E-state index in [4.69, 9.17) is 4.74 Å². The van der Waals surface area contributed by atoms with E-state index in [2.05, 4.69) is 5.32 Å². The fraction of sp³-hybridized carbons (Fsp3) is 0.462. The zero-order chi connectivity index (χ0) is 23.1. The van der Waals surface area contributed by atoms with Crippen LogP contribution < -0.4 is 10.1 Å². The number of amides is 2. The molecule has 0 bridgehead atoms. The number of hydrogen-bond acceptors (Lipinski definition) is 3. The molecule has 1 saturated carbocycles. The van der Waals surface area contributed by atoms with Gasteiger partial charge in [0.05, 0.1) is 0 Å². The number of carbonyl (C=O) groups excluding carboxylic acids is 2. The monoisotopic (exact) mass is 440 g/mol. The van der Waals surface area contributed by atoms with E-state index in [0.717, 1.165) is 42.4 Å². The fourth-order valence-electron chi connectivity index (χ4n) is 4.32. The maximum Gasteiger partial charge on any atom is 0.261 e. The van der Waals surface area contributed by atoms with Crippen molar-refractivity contribution in [2.75, 3.05) is 6.61 Å². The van der Waals surface area contributed by atoms with Gasteiger partial charge in [0, 0.05) is 12.6 Å². The van der Waals surface area contributed by atoms with Crippen molar-refractivity contribution in [1.82, 2.24) is 10.2 Å². The minimum atomic E-state index is -0.615. The summed E-state index contributed by atoms with van der Waals surface area (Å²) in [6.45, 7) is 5.89. The van der Waals surface area contributed by atoms with Crippen molar-refractivity contribution in [2.24, 2.45) is 0 Å². The zero-order valence-electron chi connectivity index (χ0n) is 19.2. The van der Waals surface area contributed by atoms with E-state index in [1.165, 1.54) is 12.1 Å². The standard InChI is InChI=1S/C26H33FN2O3/c1-4-24(26(31)28-22-7-5-6-8-22)29(16-20-9-11-21(27)12-10-20)25(30)17-32-23-14-18(2)13-19(3)15-23/h9-15,22,24H,4-8,16-17H2,1-3H3,(H,28,31). The molecule has 1 atom stereocenters. The molecule has 0 spiro atoms. The fourth-order valence-corrected chi connectivity index (χ4v) is 4.32. The van der Waals surface area contributed by atoms with Gasteiger partial charge in [0.25, 0.3) is 5.91 Å². The van der Waals surface area contributed by atoms with E-state index in [0.29, 0.717) is 12.2 Å². The minimum absolute atomic E-state index is 0.138. The predicted octanol–water partition coefficient (Wildman–Crippen LogP) is 4.69. The van der Waals surface area contributed by atoms with Crippen molar-refractivity contribution in [3.8, 4) is 5.75 Å². The molecule has 32 heavy (non-hydrogen) atoms. The molecule has 1 unspecified atom stereocenters. The van der Waals surface area contributed by atoms with Crippen LogP contribution in [0.2, 0.25) is 0 Å². The highest BCUT2D eigenvalue weighted by atomic mass is 19.1. The summed E-state index contributed by atoms with van der Waals surface area (Å²) < 4.78 is 19.2. The number of carbonyl (C=O) groups is 2. The molecule has 1 aliphatic rings. The molecule has 3 rings (SSSR count). The Morgan fingerprint density at radius 3 is 2.31 bits per heavy atom. The number of hydrogen-bond donors (Lipinski definition) is 1. The Kier molecular flexibility index (Phi) is 8.26. The lowest BCUT2D eigenvalue weighted by molar-refractivity contribution is -0.143. The molecule has 0 aromatic heterocycles. The van der Waals surface area contributed by atoms with E-state index in [9.17, 15) is 14.0 Å². The van der Waals surface area contributed by atoms with Crippen LogP contribution >= 0.6 is 0 Å². The van der Waals surface area contributed by atoms with Gasteiger partial charge in [0.2, 0.25) is 5.91 Å². The Bertz CT molecular complexity index is 903. The number of nitrogens with one attached hydrogen (secondary N) is 1. The van der Waals surface area contributed by atoms with E-state index < -0.39 is 6.04 Å². The number of rotatable bonds is 9. The molecule has 0 radical (unpaired) electrons. The molecule has 1 fully saturated rings. The lowest BCUT2D eigenvalue weighted by atomic mass is 10.1. The van der Waals surface area contributed by atoms with Gasteiger partial charge in [-0.1, -0.05) is 38.0 Å². The van der Waals surface area contributed by atoms with Crippen LogP contribution in [0.25, 0.3) is 0 Å². The Balaban J connectivity index is 1.76. The Morgan fingerprint density at radius 2 is 1.72 bits per heavy atom. The maximum absolute atomic E-state index is 13.4. The zero-order valence-corrected chi connectivity index (χ0v) is 19.2. The Morgan fingerprint density at radius 1 is 1.09 bits per heavy atom. The van der Waals surface area contributed by atoms with Crippen LogP contribution in [0.4, 0.5) is 4.39 Å². The highest BCUT2D eigenvalue weighted by molar-refractivity contribution is 5.88. The van der Waals surface area contributed by atoms with Gasteiger partial charge < -0.3 is 15.0 Å². The van der Waals surface area contributed by atoms with Crippen LogP contribution in [0.15, 0.2) is 42.5 Å². The summed E-state index contributed by atoms with van der Waals surface area (Å²) in [7, 11) is 0. The van der Waals surface area contributed by atoms with Gasteiger partial charge in [0.1, 0.15) is 17.6 Å². The van der Waals surface area contributed by atoms with Crippen LogP contribution in [-0.2, 0) is 16.1 Å². The molecular formula is C26H33FN2O3. The minimum Gasteiger partial charge on any atom is -0.484 e. The normalized spacial score (nSPS) is 14.8. The third-order valence-electron chi connectivity index (χ3n) is 5.91. The highest BCUT2D eigenvalue weighted by Gasteiger charge is 2.30. The summed E-state index contributed by atoms with van der Waals surface area (Å²) >= 11 is 0. The second-order valence-electron chi connectivity index (χ2n) is 8.67. The summed E-state index contributed by atoms with van der Waals surface area (Å²) in [4.78, 5) is 27.9. The van der Waals surface area contributed by atoms with Gasteiger partial charge in [-0.2, -0.15) is 0 Å². The van der Waals surface area contributed by atoms with Gasteiger partial charge in [-0.05, 0) is 74.1 Å². The molecule has 2 aromatic rings. The summed E-state index contributed by atoms with van der Waals surface area (Å²) in [5.41, 5.74) is 2.87. The van der Waals surface area contributed by atoms with E-state index >= 15 is 0 Å². The summed E-state index contributed by atoms with van der Waals surface area (Å²) in [5.74, 6) is -0.125.